The van der Waals surface area contributed by atoms with Crippen LogP contribution >= 0.6 is 11.3 Å². The summed E-state index contributed by atoms with van der Waals surface area (Å²) < 4.78 is 12.9. The molecule has 3 aromatic rings. The number of nitrogens with one attached hydrogen (secondary N) is 1. The van der Waals surface area contributed by atoms with Crippen LogP contribution in [0.2, 0.25) is 0 Å². The van der Waals surface area contributed by atoms with Gasteiger partial charge in [-0.05, 0) is 37.5 Å². The summed E-state index contributed by atoms with van der Waals surface area (Å²) in [4.78, 5) is 15.7. The lowest BCUT2D eigenvalue weighted by molar-refractivity contribution is 0.0701. The molecule has 0 spiro atoms. The molecule has 2 heterocycles. The minimum atomic E-state index is -0.977. The van der Waals surface area contributed by atoms with Crippen LogP contribution in [0.25, 0.3) is 10.7 Å². The summed E-state index contributed by atoms with van der Waals surface area (Å²) in [6.07, 6.45) is 3.23. The number of halogens is 1. The number of thiazole rings is 1. The quantitative estimate of drug-likeness (QED) is 0.750. The summed E-state index contributed by atoms with van der Waals surface area (Å²) in [5.74, 6) is -1.23. The second-order valence-corrected chi connectivity index (χ2v) is 6.12. The number of carbonyl (C=O) groups is 1. The number of benzene rings is 1. The van der Waals surface area contributed by atoms with Crippen LogP contribution in [0.4, 0.5) is 4.39 Å². The van der Waals surface area contributed by atoms with Crippen molar-refractivity contribution < 1.29 is 14.3 Å². The summed E-state index contributed by atoms with van der Waals surface area (Å²) >= 11 is 1.12. The fourth-order valence-corrected chi connectivity index (χ4v) is 3.25. The molecule has 0 atom stereocenters. The van der Waals surface area contributed by atoms with Crippen molar-refractivity contribution in [2.45, 2.75) is 19.8 Å². The van der Waals surface area contributed by atoms with Crippen LogP contribution < -0.4 is 0 Å². The van der Waals surface area contributed by atoms with Gasteiger partial charge in [0.05, 0.1) is 5.69 Å². The number of carboxylic acid groups (broad SMARTS) is 1. The maximum atomic E-state index is 12.9. The van der Waals surface area contributed by atoms with Crippen LogP contribution in [0.3, 0.4) is 0 Å². The van der Waals surface area contributed by atoms with Gasteiger partial charge in [0.15, 0.2) is 0 Å². The first-order chi connectivity index (χ1) is 11.0. The molecule has 0 amide bonds. The number of hydrogen-bond donors (Lipinski definition) is 2. The van der Waals surface area contributed by atoms with E-state index < -0.39 is 5.97 Å². The van der Waals surface area contributed by atoms with Crippen molar-refractivity contribution in [2.24, 2.45) is 0 Å². The largest absolute Gasteiger partial charge is 0.477 e. The second kappa shape index (κ2) is 6.29. The lowest BCUT2D eigenvalue weighted by Crippen LogP contribution is -1.94. The van der Waals surface area contributed by atoms with Crippen molar-refractivity contribution in [3.05, 3.63) is 58.0 Å². The number of rotatable bonds is 5. The van der Waals surface area contributed by atoms with E-state index in [1.807, 2.05) is 0 Å². The molecule has 2 aromatic heterocycles. The maximum absolute atomic E-state index is 12.9. The van der Waals surface area contributed by atoms with Gasteiger partial charge in [-0.1, -0.05) is 12.1 Å². The first kappa shape index (κ1) is 15.4. The van der Waals surface area contributed by atoms with Crippen molar-refractivity contribution in [1.82, 2.24) is 15.2 Å². The molecule has 0 saturated heterocycles. The molecule has 0 aliphatic carbocycles. The van der Waals surface area contributed by atoms with Crippen LogP contribution in [0.15, 0.2) is 30.5 Å². The average Bonchev–Trinajstić information content (AvgIpc) is 3.12. The van der Waals surface area contributed by atoms with Gasteiger partial charge in [0.1, 0.15) is 21.4 Å². The summed E-state index contributed by atoms with van der Waals surface area (Å²) in [6, 6.07) is 6.39. The Bertz CT molecular complexity index is 839. The fourth-order valence-electron chi connectivity index (χ4n) is 2.32. The van der Waals surface area contributed by atoms with Crippen LogP contribution in [0, 0.1) is 12.7 Å². The van der Waals surface area contributed by atoms with Gasteiger partial charge in [-0.2, -0.15) is 5.10 Å². The molecule has 0 radical (unpaired) electrons. The van der Waals surface area contributed by atoms with Crippen molar-refractivity contribution in [2.75, 3.05) is 0 Å². The van der Waals surface area contributed by atoms with E-state index in [0.29, 0.717) is 22.8 Å². The van der Waals surface area contributed by atoms with Gasteiger partial charge < -0.3 is 5.11 Å². The van der Waals surface area contributed by atoms with E-state index in [2.05, 4.69) is 15.2 Å². The summed E-state index contributed by atoms with van der Waals surface area (Å²) in [7, 11) is 0. The van der Waals surface area contributed by atoms with Crippen molar-refractivity contribution >= 4 is 17.3 Å². The smallest absolute Gasteiger partial charge is 0.347 e. The highest BCUT2D eigenvalue weighted by atomic mass is 32.1. The third kappa shape index (κ3) is 3.29. The molecule has 2 N–H and O–H groups in total. The molecule has 1 aromatic carbocycles. The Balaban J connectivity index is 1.81. The van der Waals surface area contributed by atoms with E-state index in [4.69, 9.17) is 5.11 Å². The molecule has 0 aliphatic heterocycles. The minimum Gasteiger partial charge on any atom is -0.477 e. The van der Waals surface area contributed by atoms with Crippen molar-refractivity contribution in [1.29, 1.82) is 0 Å². The number of aromatic carboxylic acids is 1. The van der Waals surface area contributed by atoms with E-state index in [0.717, 1.165) is 28.9 Å². The van der Waals surface area contributed by atoms with Gasteiger partial charge in [0, 0.05) is 11.8 Å². The predicted octanol–water partition coefficient (Wildman–Crippen LogP) is 3.46. The first-order valence-corrected chi connectivity index (χ1v) is 7.84. The van der Waals surface area contributed by atoms with E-state index in [1.165, 1.54) is 12.1 Å². The van der Waals surface area contributed by atoms with Crippen LogP contribution in [-0.2, 0) is 12.8 Å². The lowest BCUT2D eigenvalue weighted by Gasteiger charge is -2.01. The number of carboxylic acids is 1. The molecule has 0 bridgehead atoms. The number of H-pyrrole nitrogens is 1. The summed E-state index contributed by atoms with van der Waals surface area (Å²) in [5, 5.41) is 16.7. The molecule has 118 valence electrons. The van der Waals surface area contributed by atoms with Gasteiger partial charge >= 0.3 is 5.97 Å². The Morgan fingerprint density at radius 2 is 2.04 bits per heavy atom. The summed E-state index contributed by atoms with van der Waals surface area (Å²) in [6.45, 7) is 1.67. The monoisotopic (exact) mass is 331 g/mol. The molecule has 5 nitrogen and oxygen atoms in total. The van der Waals surface area contributed by atoms with Crippen molar-refractivity contribution in [3.8, 4) is 10.7 Å². The predicted molar refractivity (Wildman–Crippen MR) is 85.2 cm³/mol. The van der Waals surface area contributed by atoms with Gasteiger partial charge in [-0.3, -0.25) is 5.10 Å². The van der Waals surface area contributed by atoms with Crippen molar-refractivity contribution in [3.63, 3.8) is 0 Å². The standard InChI is InChI=1S/C16H14FN3O2S/c1-9-14(16(21)22)23-15(19-9)13-11(8-18-20-13)5-2-10-3-6-12(17)7-4-10/h3-4,6-8H,2,5H2,1H3,(H,18,20)(H,21,22). The Labute approximate surface area is 135 Å². The average molecular weight is 331 g/mol. The first-order valence-electron chi connectivity index (χ1n) is 7.03. The van der Waals surface area contributed by atoms with E-state index in [-0.39, 0.29) is 10.7 Å². The maximum Gasteiger partial charge on any atom is 0.347 e. The summed E-state index contributed by atoms with van der Waals surface area (Å²) in [5.41, 5.74) is 3.15. The number of aromatic amines is 1. The zero-order valence-corrected chi connectivity index (χ0v) is 13.2. The van der Waals surface area contributed by atoms with Crippen LogP contribution in [0.5, 0.6) is 0 Å². The topological polar surface area (TPSA) is 78.9 Å². The SMILES string of the molecule is Cc1nc(-c2n[nH]cc2CCc2ccc(F)cc2)sc1C(=O)O. The fraction of sp³-hybridized carbons (Fsp3) is 0.188. The highest BCUT2D eigenvalue weighted by Gasteiger charge is 2.18. The number of aryl methyl sites for hydroxylation is 3. The van der Waals surface area contributed by atoms with Gasteiger partial charge in [0.25, 0.3) is 0 Å². The number of hydrogen-bond acceptors (Lipinski definition) is 4. The Morgan fingerprint density at radius 3 is 2.70 bits per heavy atom. The van der Waals surface area contributed by atoms with E-state index >= 15 is 0 Å². The Kier molecular flexibility index (Phi) is 4.20. The third-order valence-corrected chi connectivity index (χ3v) is 4.66. The molecule has 7 heteroatoms. The number of nitrogens with zero attached hydrogens (tertiary/aromatic N) is 2. The highest BCUT2D eigenvalue weighted by molar-refractivity contribution is 7.17. The highest BCUT2D eigenvalue weighted by Crippen LogP contribution is 2.29. The van der Waals surface area contributed by atoms with Gasteiger partial charge in [0.2, 0.25) is 0 Å². The lowest BCUT2D eigenvalue weighted by atomic mass is 10.1. The molecule has 0 fully saturated rings. The third-order valence-electron chi connectivity index (χ3n) is 3.51. The van der Waals surface area contributed by atoms with Crippen LogP contribution in [0.1, 0.15) is 26.5 Å². The number of aromatic nitrogens is 3. The zero-order chi connectivity index (χ0) is 16.4. The molecule has 0 aliphatic rings. The Hall–Kier alpha value is -2.54. The Morgan fingerprint density at radius 1 is 1.30 bits per heavy atom. The van der Waals surface area contributed by atoms with E-state index in [1.54, 1.807) is 25.3 Å². The zero-order valence-electron chi connectivity index (χ0n) is 12.3. The molecule has 0 saturated carbocycles. The van der Waals surface area contributed by atoms with Crippen LogP contribution in [-0.4, -0.2) is 26.3 Å². The molecule has 23 heavy (non-hydrogen) atoms. The van der Waals surface area contributed by atoms with Gasteiger partial charge in [-0.25, -0.2) is 14.2 Å². The normalized spacial score (nSPS) is 10.9. The molecule has 0 unspecified atom stereocenters. The second-order valence-electron chi connectivity index (χ2n) is 5.12. The molecular formula is C16H14FN3O2S. The molecular weight excluding hydrogens is 317 g/mol. The minimum absolute atomic E-state index is 0.229. The molecule has 3 rings (SSSR count). The van der Waals surface area contributed by atoms with Gasteiger partial charge in [-0.15, -0.1) is 11.3 Å². The van der Waals surface area contributed by atoms with E-state index in [9.17, 15) is 9.18 Å².